The first-order valence-corrected chi connectivity index (χ1v) is 9.15. The Kier molecular flexibility index (Phi) is 4.99. The summed E-state index contributed by atoms with van der Waals surface area (Å²) in [6.07, 6.45) is -0.357. The molecule has 3 aromatic carbocycles. The van der Waals surface area contributed by atoms with Crippen molar-refractivity contribution in [2.45, 2.75) is 12.3 Å². The molecule has 0 aromatic heterocycles. The van der Waals surface area contributed by atoms with Gasteiger partial charge in [-0.1, -0.05) is 11.6 Å². The van der Waals surface area contributed by atoms with E-state index in [0.29, 0.717) is 5.02 Å². The lowest BCUT2D eigenvalue weighted by Gasteiger charge is -2.26. The summed E-state index contributed by atoms with van der Waals surface area (Å²) >= 11 is 5.83. The smallest absolute Gasteiger partial charge is 0.312 e. The van der Waals surface area contributed by atoms with E-state index in [1.165, 1.54) is 36.4 Å². The molecule has 1 aliphatic rings. The fraction of sp³-hybridized carbons (Fsp3) is 0.0909. The van der Waals surface area contributed by atoms with Crippen molar-refractivity contribution in [3.05, 3.63) is 93.3 Å². The number of ketones is 1. The van der Waals surface area contributed by atoms with Gasteiger partial charge in [0.05, 0.1) is 12.0 Å². The van der Waals surface area contributed by atoms with Crippen LogP contribution in [0.4, 0.5) is 13.2 Å². The van der Waals surface area contributed by atoms with E-state index in [9.17, 15) is 27.9 Å². The summed E-state index contributed by atoms with van der Waals surface area (Å²) in [4.78, 5) is 24.8. The summed E-state index contributed by atoms with van der Waals surface area (Å²) in [6.45, 7) is 0. The number of phenolic OH excluding ortho intramolecular Hbond substituents is 1. The molecule has 0 saturated carbocycles. The molecule has 0 fully saturated rings. The number of fused-ring (bicyclic) bond motifs is 1. The molecule has 3 aromatic rings. The molecule has 0 radical (unpaired) electrons. The molecule has 152 valence electrons. The fourth-order valence-corrected chi connectivity index (χ4v) is 3.58. The summed E-state index contributed by atoms with van der Waals surface area (Å²) in [5.74, 6) is -7.32. The number of aromatic hydroxyl groups is 1. The number of hydrogen-bond acceptors (Lipinski definition) is 4. The number of carbonyl (C=O) groups is 2. The summed E-state index contributed by atoms with van der Waals surface area (Å²) in [6, 6.07) is 10.1. The number of ether oxygens (including phenoxy) is 1. The van der Waals surface area contributed by atoms with Gasteiger partial charge in [0.1, 0.15) is 11.5 Å². The monoisotopic (exact) mass is 432 g/mol. The molecular formula is C22H12ClF3O4. The highest BCUT2D eigenvalue weighted by molar-refractivity contribution is 6.30. The molecular weight excluding hydrogens is 421 g/mol. The Labute approximate surface area is 173 Å². The first-order chi connectivity index (χ1) is 14.3. The molecule has 0 bridgehead atoms. The van der Waals surface area contributed by atoms with Crippen molar-refractivity contribution < 1.29 is 32.6 Å². The van der Waals surface area contributed by atoms with Gasteiger partial charge in [0.2, 0.25) is 0 Å². The van der Waals surface area contributed by atoms with Crippen LogP contribution in [0.1, 0.15) is 39.4 Å². The van der Waals surface area contributed by atoms with Crippen LogP contribution in [0, 0.1) is 17.5 Å². The van der Waals surface area contributed by atoms with Gasteiger partial charge in [-0.2, -0.15) is 0 Å². The zero-order valence-electron chi connectivity index (χ0n) is 15.1. The van der Waals surface area contributed by atoms with E-state index in [0.717, 1.165) is 12.1 Å². The Hall–Kier alpha value is -3.32. The molecule has 0 spiro atoms. The van der Waals surface area contributed by atoms with Gasteiger partial charge in [-0.3, -0.25) is 9.59 Å². The zero-order valence-corrected chi connectivity index (χ0v) is 15.8. The van der Waals surface area contributed by atoms with Crippen LogP contribution in [0.15, 0.2) is 48.5 Å². The van der Waals surface area contributed by atoms with Crippen molar-refractivity contribution in [3.63, 3.8) is 0 Å². The van der Waals surface area contributed by atoms with Crippen LogP contribution in [0.5, 0.6) is 11.5 Å². The van der Waals surface area contributed by atoms with Crippen LogP contribution in [0.3, 0.4) is 0 Å². The Morgan fingerprint density at radius 3 is 2.30 bits per heavy atom. The largest absolute Gasteiger partial charge is 0.507 e. The lowest BCUT2D eigenvalue weighted by molar-refractivity contribution is -0.135. The van der Waals surface area contributed by atoms with Crippen molar-refractivity contribution in [3.8, 4) is 11.5 Å². The Bertz CT molecular complexity index is 1170. The standard InChI is InChI=1S/C22H12ClF3O4/c23-12-3-1-10(2-4-12)21(28)13-5-6-17-19(22(13)29)14(9-18(27)30-17)11-7-15(24)20(26)16(25)8-11/h1-8,14,29H,9H2. The minimum Gasteiger partial charge on any atom is -0.507 e. The number of carbonyl (C=O) groups excluding carboxylic acids is 2. The maximum absolute atomic E-state index is 13.8. The van der Waals surface area contributed by atoms with Gasteiger partial charge >= 0.3 is 5.97 Å². The molecule has 30 heavy (non-hydrogen) atoms. The van der Waals surface area contributed by atoms with E-state index in [1.807, 2.05) is 0 Å². The van der Waals surface area contributed by atoms with Gasteiger partial charge < -0.3 is 9.84 Å². The maximum atomic E-state index is 13.8. The predicted octanol–water partition coefficient (Wildman–Crippen LogP) is 5.13. The lowest BCUT2D eigenvalue weighted by atomic mass is 9.84. The molecule has 4 rings (SSSR count). The van der Waals surface area contributed by atoms with Crippen LogP contribution < -0.4 is 4.74 Å². The topological polar surface area (TPSA) is 63.6 Å². The second kappa shape index (κ2) is 7.50. The van der Waals surface area contributed by atoms with Gasteiger partial charge in [0.25, 0.3) is 0 Å². The zero-order chi connectivity index (χ0) is 21.6. The van der Waals surface area contributed by atoms with Crippen molar-refractivity contribution in [2.24, 2.45) is 0 Å². The van der Waals surface area contributed by atoms with Crippen molar-refractivity contribution in [1.82, 2.24) is 0 Å². The number of halogens is 4. The maximum Gasteiger partial charge on any atom is 0.312 e. The van der Waals surface area contributed by atoms with Crippen molar-refractivity contribution >= 4 is 23.4 Å². The van der Waals surface area contributed by atoms with E-state index in [4.69, 9.17) is 16.3 Å². The molecule has 1 atom stereocenters. The number of phenols is 1. The molecule has 8 heteroatoms. The van der Waals surface area contributed by atoms with Crippen molar-refractivity contribution in [2.75, 3.05) is 0 Å². The van der Waals surface area contributed by atoms with E-state index < -0.39 is 40.9 Å². The van der Waals surface area contributed by atoms with E-state index in [1.54, 1.807) is 0 Å². The minimum atomic E-state index is -1.65. The van der Waals surface area contributed by atoms with Gasteiger partial charge in [-0.25, -0.2) is 13.2 Å². The summed E-state index contributed by atoms with van der Waals surface area (Å²) < 4.78 is 46.0. The van der Waals surface area contributed by atoms with E-state index >= 15 is 0 Å². The third-order valence-corrected chi connectivity index (χ3v) is 5.13. The average molecular weight is 433 g/mol. The molecule has 4 nitrogen and oxygen atoms in total. The number of benzene rings is 3. The first kappa shape index (κ1) is 20.0. The Morgan fingerprint density at radius 1 is 1.03 bits per heavy atom. The normalized spacial score (nSPS) is 15.5. The van der Waals surface area contributed by atoms with Gasteiger partial charge in [0.15, 0.2) is 23.2 Å². The van der Waals surface area contributed by atoms with Gasteiger partial charge in [0, 0.05) is 22.1 Å². The van der Waals surface area contributed by atoms with Crippen LogP contribution >= 0.6 is 11.6 Å². The molecule has 0 amide bonds. The second-order valence-corrected chi connectivity index (χ2v) is 7.18. The molecule has 0 saturated heterocycles. The number of hydrogen-bond donors (Lipinski definition) is 1. The van der Waals surface area contributed by atoms with Gasteiger partial charge in [-0.15, -0.1) is 0 Å². The third kappa shape index (κ3) is 3.41. The number of esters is 1. The lowest BCUT2D eigenvalue weighted by Crippen LogP contribution is -2.22. The van der Waals surface area contributed by atoms with Gasteiger partial charge in [-0.05, 0) is 54.1 Å². The minimum absolute atomic E-state index is 0.0137. The van der Waals surface area contributed by atoms with E-state index in [-0.39, 0.29) is 34.4 Å². The Morgan fingerprint density at radius 2 is 1.67 bits per heavy atom. The molecule has 1 N–H and O–H groups in total. The highest BCUT2D eigenvalue weighted by Crippen LogP contribution is 2.46. The molecule has 1 heterocycles. The van der Waals surface area contributed by atoms with Crippen molar-refractivity contribution in [1.29, 1.82) is 0 Å². The predicted molar refractivity (Wildman–Crippen MR) is 101 cm³/mol. The fourth-order valence-electron chi connectivity index (χ4n) is 3.45. The number of rotatable bonds is 3. The molecule has 1 aliphatic heterocycles. The second-order valence-electron chi connectivity index (χ2n) is 6.74. The van der Waals surface area contributed by atoms with Crippen LogP contribution in [0.25, 0.3) is 0 Å². The summed E-state index contributed by atoms with van der Waals surface area (Å²) in [7, 11) is 0. The van der Waals surface area contributed by atoms with Crippen LogP contribution in [0.2, 0.25) is 5.02 Å². The molecule has 1 unspecified atom stereocenters. The van der Waals surface area contributed by atoms with Crippen LogP contribution in [-0.4, -0.2) is 16.9 Å². The first-order valence-electron chi connectivity index (χ1n) is 8.77. The quantitative estimate of drug-likeness (QED) is 0.269. The molecule has 0 aliphatic carbocycles. The summed E-state index contributed by atoms with van der Waals surface area (Å²) in [5, 5.41) is 11.3. The summed E-state index contributed by atoms with van der Waals surface area (Å²) in [5.41, 5.74) is 0.0930. The Balaban J connectivity index is 1.85. The third-order valence-electron chi connectivity index (χ3n) is 4.88. The SMILES string of the molecule is O=C1CC(c2cc(F)c(F)c(F)c2)c2c(ccc(C(=O)c3ccc(Cl)cc3)c2O)O1. The highest BCUT2D eigenvalue weighted by atomic mass is 35.5. The van der Waals surface area contributed by atoms with Crippen LogP contribution in [-0.2, 0) is 4.79 Å². The average Bonchev–Trinajstić information content (AvgIpc) is 2.71. The highest BCUT2D eigenvalue weighted by Gasteiger charge is 2.34. The van der Waals surface area contributed by atoms with E-state index in [2.05, 4.69) is 0 Å².